The third kappa shape index (κ3) is 5.40. The van der Waals surface area contributed by atoms with Gasteiger partial charge < -0.3 is 9.84 Å². The van der Waals surface area contributed by atoms with E-state index < -0.39 is 23.7 Å². The second-order valence-corrected chi connectivity index (χ2v) is 7.14. The fourth-order valence-electron chi connectivity index (χ4n) is 2.46. The molecule has 0 fully saturated rings. The molecule has 7 heteroatoms. The highest BCUT2D eigenvalue weighted by molar-refractivity contribution is 5.79. The van der Waals surface area contributed by atoms with Gasteiger partial charge in [0.1, 0.15) is 11.6 Å². The summed E-state index contributed by atoms with van der Waals surface area (Å²) in [5.74, 6) is -1.07. The van der Waals surface area contributed by atoms with Crippen LogP contribution < -0.4 is 0 Å². The standard InChI is InChI=1S/C19H25N3O4/c1-13(17(23)24)22(18(25)26-19(2,3)4)12-6-8-15-10-9-14-7-5-11-20-16(14)21-15/h5,7,9-11,13H,6,8,12H2,1-4H3,(H,23,24). The molecule has 1 unspecified atom stereocenters. The second-order valence-electron chi connectivity index (χ2n) is 7.14. The fraction of sp³-hybridized carbons (Fsp3) is 0.474. The highest BCUT2D eigenvalue weighted by Crippen LogP contribution is 2.14. The van der Waals surface area contributed by atoms with E-state index in [9.17, 15) is 14.7 Å². The molecule has 0 aliphatic rings. The van der Waals surface area contributed by atoms with E-state index in [1.54, 1.807) is 27.0 Å². The molecule has 0 bridgehead atoms. The van der Waals surface area contributed by atoms with E-state index >= 15 is 0 Å². The van der Waals surface area contributed by atoms with Gasteiger partial charge in [0, 0.05) is 23.8 Å². The molecule has 0 aliphatic carbocycles. The summed E-state index contributed by atoms with van der Waals surface area (Å²) in [7, 11) is 0. The molecule has 26 heavy (non-hydrogen) atoms. The van der Waals surface area contributed by atoms with Crippen LogP contribution >= 0.6 is 0 Å². The third-order valence-corrected chi connectivity index (χ3v) is 3.81. The summed E-state index contributed by atoms with van der Waals surface area (Å²) >= 11 is 0. The van der Waals surface area contributed by atoms with Crippen LogP contribution in [0.3, 0.4) is 0 Å². The lowest BCUT2D eigenvalue weighted by molar-refractivity contribution is -0.142. The molecule has 140 valence electrons. The quantitative estimate of drug-likeness (QED) is 0.851. The third-order valence-electron chi connectivity index (χ3n) is 3.81. The minimum atomic E-state index is -1.07. The maximum Gasteiger partial charge on any atom is 0.411 e. The molecule has 1 amide bonds. The van der Waals surface area contributed by atoms with E-state index in [4.69, 9.17) is 4.74 Å². The van der Waals surface area contributed by atoms with Crippen molar-refractivity contribution in [2.75, 3.05) is 6.54 Å². The largest absolute Gasteiger partial charge is 0.480 e. The Balaban J connectivity index is 2.03. The van der Waals surface area contributed by atoms with Crippen molar-refractivity contribution >= 4 is 23.1 Å². The molecule has 2 aromatic heterocycles. The molecule has 1 atom stereocenters. The number of pyridine rings is 2. The zero-order chi connectivity index (χ0) is 19.3. The van der Waals surface area contributed by atoms with E-state index in [0.29, 0.717) is 18.5 Å². The highest BCUT2D eigenvalue weighted by atomic mass is 16.6. The summed E-state index contributed by atoms with van der Waals surface area (Å²) in [6.45, 7) is 7.00. The first-order valence-corrected chi connectivity index (χ1v) is 8.60. The van der Waals surface area contributed by atoms with Gasteiger partial charge in [-0.1, -0.05) is 0 Å². The molecule has 0 aromatic carbocycles. The lowest BCUT2D eigenvalue weighted by Gasteiger charge is -2.29. The number of carboxylic acids is 1. The zero-order valence-corrected chi connectivity index (χ0v) is 15.6. The summed E-state index contributed by atoms with van der Waals surface area (Å²) in [6.07, 6.45) is 2.25. The van der Waals surface area contributed by atoms with Crippen LogP contribution in [0.2, 0.25) is 0 Å². The van der Waals surface area contributed by atoms with Gasteiger partial charge in [-0.3, -0.25) is 4.90 Å². The summed E-state index contributed by atoms with van der Waals surface area (Å²) < 4.78 is 5.33. The van der Waals surface area contributed by atoms with Crippen molar-refractivity contribution in [2.45, 2.75) is 52.2 Å². The predicted octanol–water partition coefficient (Wildman–Crippen LogP) is 3.27. The van der Waals surface area contributed by atoms with Crippen molar-refractivity contribution in [3.63, 3.8) is 0 Å². The molecule has 2 heterocycles. The molecular weight excluding hydrogens is 334 g/mol. The molecule has 0 saturated heterocycles. The number of carboxylic acid groups (broad SMARTS) is 1. The Morgan fingerprint density at radius 3 is 2.65 bits per heavy atom. The van der Waals surface area contributed by atoms with E-state index in [-0.39, 0.29) is 6.54 Å². The number of ether oxygens (including phenoxy) is 1. The number of aryl methyl sites for hydroxylation is 1. The predicted molar refractivity (Wildman–Crippen MR) is 97.9 cm³/mol. The van der Waals surface area contributed by atoms with Crippen LogP contribution in [0.5, 0.6) is 0 Å². The minimum Gasteiger partial charge on any atom is -0.480 e. The van der Waals surface area contributed by atoms with Gasteiger partial charge in [0.15, 0.2) is 5.65 Å². The van der Waals surface area contributed by atoms with Crippen LogP contribution in [0.1, 0.15) is 39.8 Å². The van der Waals surface area contributed by atoms with Gasteiger partial charge in [-0.2, -0.15) is 0 Å². The van der Waals surface area contributed by atoms with Crippen LogP contribution in [0.25, 0.3) is 11.0 Å². The van der Waals surface area contributed by atoms with Crippen LogP contribution in [0, 0.1) is 0 Å². The Morgan fingerprint density at radius 2 is 2.00 bits per heavy atom. The lowest BCUT2D eigenvalue weighted by atomic mass is 10.1. The van der Waals surface area contributed by atoms with Crippen molar-refractivity contribution in [2.24, 2.45) is 0 Å². The first-order valence-electron chi connectivity index (χ1n) is 8.60. The molecule has 0 saturated carbocycles. The van der Waals surface area contributed by atoms with Crippen molar-refractivity contribution < 1.29 is 19.4 Å². The average Bonchev–Trinajstić information content (AvgIpc) is 2.56. The minimum absolute atomic E-state index is 0.268. The maximum atomic E-state index is 12.3. The van der Waals surface area contributed by atoms with Gasteiger partial charge in [-0.05, 0) is 64.8 Å². The number of fused-ring (bicyclic) bond motifs is 1. The van der Waals surface area contributed by atoms with Crippen molar-refractivity contribution in [3.8, 4) is 0 Å². The van der Waals surface area contributed by atoms with Gasteiger partial charge in [0.25, 0.3) is 0 Å². The number of hydrogen-bond acceptors (Lipinski definition) is 5. The molecular formula is C19H25N3O4. The summed E-state index contributed by atoms with van der Waals surface area (Å²) in [5, 5.41) is 10.2. The van der Waals surface area contributed by atoms with Crippen molar-refractivity contribution in [3.05, 3.63) is 36.2 Å². The molecule has 2 aromatic rings. The Kier molecular flexibility index (Phi) is 6.13. The number of nitrogens with zero attached hydrogens (tertiary/aromatic N) is 3. The summed E-state index contributed by atoms with van der Waals surface area (Å²) in [5.41, 5.74) is 0.843. The van der Waals surface area contributed by atoms with Gasteiger partial charge >= 0.3 is 12.1 Å². The average molecular weight is 359 g/mol. The van der Waals surface area contributed by atoms with Gasteiger partial charge in [0.05, 0.1) is 0 Å². The number of carbonyl (C=O) groups is 2. The number of hydrogen-bond donors (Lipinski definition) is 1. The van der Waals surface area contributed by atoms with E-state index in [1.165, 1.54) is 11.8 Å². The molecule has 2 rings (SSSR count). The first-order chi connectivity index (χ1) is 12.2. The van der Waals surface area contributed by atoms with Gasteiger partial charge in [-0.15, -0.1) is 0 Å². The number of aromatic nitrogens is 2. The Morgan fingerprint density at radius 1 is 1.27 bits per heavy atom. The van der Waals surface area contributed by atoms with Crippen LogP contribution in [-0.4, -0.2) is 50.2 Å². The van der Waals surface area contributed by atoms with Crippen LogP contribution in [-0.2, 0) is 16.0 Å². The molecule has 0 radical (unpaired) electrons. The normalized spacial score (nSPS) is 12.6. The molecule has 1 N–H and O–H groups in total. The molecule has 0 spiro atoms. The zero-order valence-electron chi connectivity index (χ0n) is 15.6. The SMILES string of the molecule is CC(C(=O)O)N(CCCc1ccc2cccnc2n1)C(=O)OC(C)(C)C. The van der Waals surface area contributed by atoms with E-state index in [2.05, 4.69) is 9.97 Å². The Hall–Kier alpha value is -2.70. The second kappa shape index (κ2) is 8.12. The summed E-state index contributed by atoms with van der Waals surface area (Å²) in [4.78, 5) is 33.6. The molecule has 7 nitrogen and oxygen atoms in total. The molecule has 0 aliphatic heterocycles. The smallest absolute Gasteiger partial charge is 0.411 e. The Bertz CT molecular complexity index is 786. The van der Waals surface area contributed by atoms with Gasteiger partial charge in [-0.25, -0.2) is 19.6 Å². The first kappa shape index (κ1) is 19.6. The Labute approximate surface area is 153 Å². The number of aliphatic carboxylic acids is 1. The highest BCUT2D eigenvalue weighted by Gasteiger charge is 2.29. The number of carbonyl (C=O) groups excluding carboxylic acids is 1. The van der Waals surface area contributed by atoms with Crippen LogP contribution in [0.4, 0.5) is 4.79 Å². The fourth-order valence-corrected chi connectivity index (χ4v) is 2.46. The number of amides is 1. The lowest BCUT2D eigenvalue weighted by Crippen LogP contribution is -2.46. The monoisotopic (exact) mass is 359 g/mol. The van der Waals surface area contributed by atoms with Crippen molar-refractivity contribution in [1.29, 1.82) is 0 Å². The summed E-state index contributed by atoms with van der Waals surface area (Å²) in [6, 6.07) is 6.71. The van der Waals surface area contributed by atoms with E-state index in [0.717, 1.165) is 11.1 Å². The topological polar surface area (TPSA) is 92.6 Å². The van der Waals surface area contributed by atoms with Crippen LogP contribution in [0.15, 0.2) is 30.5 Å². The van der Waals surface area contributed by atoms with E-state index in [1.807, 2.05) is 24.3 Å². The number of rotatable bonds is 6. The van der Waals surface area contributed by atoms with Crippen molar-refractivity contribution in [1.82, 2.24) is 14.9 Å². The maximum absolute atomic E-state index is 12.3. The van der Waals surface area contributed by atoms with Gasteiger partial charge in [0.2, 0.25) is 0 Å².